The third-order valence-corrected chi connectivity index (χ3v) is 4.45. The summed E-state index contributed by atoms with van der Waals surface area (Å²) in [5, 5.41) is 0. The van der Waals surface area contributed by atoms with Gasteiger partial charge in [0.25, 0.3) is 0 Å². The molecule has 0 spiro atoms. The zero-order chi connectivity index (χ0) is 13.5. The van der Waals surface area contributed by atoms with Crippen molar-refractivity contribution in [2.75, 3.05) is 0 Å². The van der Waals surface area contributed by atoms with Crippen LogP contribution in [0, 0.1) is 0 Å². The van der Waals surface area contributed by atoms with Crippen LogP contribution in [-0.2, 0) is 6.42 Å². The van der Waals surface area contributed by atoms with Crippen LogP contribution >= 0.6 is 15.9 Å². The van der Waals surface area contributed by atoms with Crippen LogP contribution in [0.2, 0.25) is 0 Å². The van der Waals surface area contributed by atoms with E-state index in [0.717, 1.165) is 10.9 Å². The van der Waals surface area contributed by atoms with Gasteiger partial charge in [-0.05, 0) is 58.0 Å². The zero-order valence-electron chi connectivity index (χ0n) is 10.9. The van der Waals surface area contributed by atoms with Crippen molar-refractivity contribution in [3.8, 4) is 22.3 Å². The summed E-state index contributed by atoms with van der Waals surface area (Å²) in [5.41, 5.74) is 8.18. The van der Waals surface area contributed by atoms with Gasteiger partial charge in [-0.1, -0.05) is 64.5 Å². The summed E-state index contributed by atoms with van der Waals surface area (Å²) in [6.45, 7) is 0. The summed E-state index contributed by atoms with van der Waals surface area (Å²) in [5.74, 6) is 0. The molecule has 96 valence electrons. The number of fused-ring (bicyclic) bond motifs is 3. The third-order valence-electron chi connectivity index (χ3n) is 3.96. The van der Waals surface area contributed by atoms with E-state index in [1.54, 1.807) is 0 Å². The van der Waals surface area contributed by atoms with Crippen LogP contribution in [0.15, 0.2) is 71.2 Å². The van der Waals surface area contributed by atoms with Crippen molar-refractivity contribution in [2.24, 2.45) is 0 Å². The fraction of sp³-hybridized carbons (Fsp3) is 0.0526. The van der Waals surface area contributed by atoms with Crippen molar-refractivity contribution in [1.82, 2.24) is 0 Å². The highest BCUT2D eigenvalue weighted by Gasteiger charge is 2.18. The van der Waals surface area contributed by atoms with E-state index >= 15 is 0 Å². The van der Waals surface area contributed by atoms with E-state index < -0.39 is 0 Å². The van der Waals surface area contributed by atoms with Gasteiger partial charge in [0.05, 0.1) is 0 Å². The second kappa shape index (κ2) is 4.60. The van der Waals surface area contributed by atoms with Gasteiger partial charge in [-0.25, -0.2) is 0 Å². The first-order valence-corrected chi connectivity index (χ1v) is 7.58. The molecule has 0 saturated heterocycles. The SMILES string of the molecule is Brc1cccc(-c2ccc3c(c2)-c2ccccc2C3)c1. The molecule has 0 radical (unpaired) electrons. The van der Waals surface area contributed by atoms with E-state index in [2.05, 4.69) is 82.7 Å². The average molecular weight is 321 g/mol. The first-order chi connectivity index (χ1) is 9.81. The minimum Gasteiger partial charge on any atom is -0.0619 e. The summed E-state index contributed by atoms with van der Waals surface area (Å²) in [7, 11) is 0. The third kappa shape index (κ3) is 1.90. The molecule has 0 atom stereocenters. The minimum atomic E-state index is 1.06. The van der Waals surface area contributed by atoms with E-state index in [1.807, 2.05) is 0 Å². The highest BCUT2D eigenvalue weighted by Crippen LogP contribution is 2.38. The van der Waals surface area contributed by atoms with Crippen molar-refractivity contribution in [1.29, 1.82) is 0 Å². The summed E-state index contributed by atoms with van der Waals surface area (Å²) >= 11 is 3.55. The second-order valence-electron chi connectivity index (χ2n) is 5.22. The van der Waals surface area contributed by atoms with Gasteiger partial charge in [0.2, 0.25) is 0 Å². The Kier molecular flexibility index (Phi) is 2.75. The number of rotatable bonds is 1. The quantitative estimate of drug-likeness (QED) is 0.423. The number of benzene rings is 3. The normalized spacial score (nSPS) is 12.1. The Bertz CT molecular complexity index is 802. The smallest absolute Gasteiger partial charge is 0.0181 e. The Balaban J connectivity index is 1.88. The lowest BCUT2D eigenvalue weighted by atomic mass is 9.99. The lowest BCUT2D eigenvalue weighted by molar-refractivity contribution is 1.26. The molecule has 0 unspecified atom stereocenters. The average Bonchev–Trinajstić information content (AvgIpc) is 2.85. The van der Waals surface area contributed by atoms with Crippen molar-refractivity contribution in [3.63, 3.8) is 0 Å². The van der Waals surface area contributed by atoms with Crippen LogP contribution in [-0.4, -0.2) is 0 Å². The second-order valence-corrected chi connectivity index (χ2v) is 6.13. The highest BCUT2D eigenvalue weighted by molar-refractivity contribution is 9.10. The number of hydrogen-bond donors (Lipinski definition) is 0. The molecule has 4 rings (SSSR count). The van der Waals surface area contributed by atoms with Gasteiger partial charge in [-0.15, -0.1) is 0 Å². The maximum absolute atomic E-state index is 3.55. The molecule has 3 aromatic carbocycles. The number of hydrogen-bond acceptors (Lipinski definition) is 0. The lowest BCUT2D eigenvalue weighted by Gasteiger charge is -2.06. The van der Waals surface area contributed by atoms with Crippen molar-refractivity contribution in [2.45, 2.75) is 6.42 Å². The zero-order valence-corrected chi connectivity index (χ0v) is 12.5. The molecular weight excluding hydrogens is 308 g/mol. The molecule has 3 aromatic rings. The highest BCUT2D eigenvalue weighted by atomic mass is 79.9. The molecule has 1 aliphatic rings. The van der Waals surface area contributed by atoms with Gasteiger partial charge in [0, 0.05) is 4.47 Å². The monoisotopic (exact) mass is 320 g/mol. The first-order valence-electron chi connectivity index (χ1n) is 6.78. The van der Waals surface area contributed by atoms with Gasteiger partial charge in [0.1, 0.15) is 0 Å². The fourth-order valence-corrected chi connectivity index (χ4v) is 3.37. The molecule has 20 heavy (non-hydrogen) atoms. The van der Waals surface area contributed by atoms with Crippen molar-refractivity contribution >= 4 is 15.9 Å². The van der Waals surface area contributed by atoms with Crippen LogP contribution < -0.4 is 0 Å². The molecule has 0 nitrogen and oxygen atoms in total. The molecule has 0 aromatic heterocycles. The van der Waals surface area contributed by atoms with E-state index in [-0.39, 0.29) is 0 Å². The van der Waals surface area contributed by atoms with Crippen molar-refractivity contribution < 1.29 is 0 Å². The van der Waals surface area contributed by atoms with Gasteiger partial charge in [0.15, 0.2) is 0 Å². The Hall–Kier alpha value is -1.86. The van der Waals surface area contributed by atoms with Crippen molar-refractivity contribution in [3.05, 3.63) is 82.3 Å². The van der Waals surface area contributed by atoms with E-state index in [4.69, 9.17) is 0 Å². The molecule has 0 N–H and O–H groups in total. The Morgan fingerprint density at radius 3 is 2.35 bits per heavy atom. The lowest BCUT2D eigenvalue weighted by Crippen LogP contribution is -1.83. The van der Waals surface area contributed by atoms with E-state index in [1.165, 1.54) is 33.4 Å². The Morgan fingerprint density at radius 2 is 1.45 bits per heavy atom. The van der Waals surface area contributed by atoms with Crippen LogP contribution in [0.5, 0.6) is 0 Å². The van der Waals surface area contributed by atoms with Gasteiger partial charge in [-0.2, -0.15) is 0 Å². The topological polar surface area (TPSA) is 0 Å². The largest absolute Gasteiger partial charge is 0.0619 e. The molecule has 1 aliphatic carbocycles. The predicted molar refractivity (Wildman–Crippen MR) is 87.8 cm³/mol. The standard InChI is InChI=1S/C19H13Br/c20-17-6-3-5-13(11-17)14-8-9-16-10-15-4-1-2-7-18(15)19(16)12-14/h1-9,11-12H,10H2. The molecule has 0 aliphatic heterocycles. The molecule has 1 heteroatoms. The maximum atomic E-state index is 3.55. The van der Waals surface area contributed by atoms with Gasteiger partial charge in [-0.3, -0.25) is 0 Å². The molecule has 0 saturated carbocycles. The minimum absolute atomic E-state index is 1.06. The van der Waals surface area contributed by atoms with E-state index in [0.29, 0.717) is 0 Å². The summed E-state index contributed by atoms with van der Waals surface area (Å²) in [4.78, 5) is 0. The summed E-state index contributed by atoms with van der Waals surface area (Å²) < 4.78 is 1.12. The predicted octanol–water partition coefficient (Wildman–Crippen LogP) is 5.69. The van der Waals surface area contributed by atoms with E-state index in [9.17, 15) is 0 Å². The van der Waals surface area contributed by atoms with Crippen LogP contribution in [0.3, 0.4) is 0 Å². The fourth-order valence-electron chi connectivity index (χ4n) is 2.97. The number of halogens is 1. The van der Waals surface area contributed by atoms with Crippen LogP contribution in [0.25, 0.3) is 22.3 Å². The Morgan fingerprint density at radius 1 is 0.650 bits per heavy atom. The van der Waals surface area contributed by atoms with Gasteiger partial charge >= 0.3 is 0 Å². The molecule has 0 heterocycles. The molecular formula is C19H13Br. The molecule has 0 bridgehead atoms. The first kappa shape index (κ1) is 11.9. The molecule has 0 amide bonds. The van der Waals surface area contributed by atoms with Crippen LogP contribution in [0.1, 0.15) is 11.1 Å². The summed E-state index contributed by atoms with van der Waals surface area (Å²) in [6.07, 6.45) is 1.06. The van der Waals surface area contributed by atoms with Crippen LogP contribution in [0.4, 0.5) is 0 Å². The van der Waals surface area contributed by atoms with Gasteiger partial charge < -0.3 is 0 Å². The maximum Gasteiger partial charge on any atom is 0.0181 e. The Labute approximate surface area is 127 Å². The molecule has 0 fully saturated rings. The summed E-state index contributed by atoms with van der Waals surface area (Å²) in [6, 6.07) is 24.0.